The lowest BCUT2D eigenvalue weighted by Crippen LogP contribution is -2.28. The monoisotopic (exact) mass is 383 g/mol. The first-order chi connectivity index (χ1) is 12.1. The summed E-state index contributed by atoms with van der Waals surface area (Å²) in [6.45, 7) is 7.00. The zero-order valence-electron chi connectivity index (χ0n) is 14.5. The molecule has 0 atom stereocenters. The summed E-state index contributed by atoms with van der Waals surface area (Å²) in [4.78, 5) is 16.2. The second-order valence-corrected chi connectivity index (χ2v) is 7.15. The van der Waals surface area contributed by atoms with Gasteiger partial charge in [0.15, 0.2) is 0 Å². The highest BCUT2D eigenvalue weighted by atomic mass is 32.1. The van der Waals surface area contributed by atoms with Crippen molar-refractivity contribution < 1.29 is 13.2 Å². The van der Waals surface area contributed by atoms with Crippen molar-refractivity contribution in [3.05, 3.63) is 40.8 Å². The molecule has 0 aliphatic heterocycles. The molecule has 3 aromatic heterocycles. The third-order valence-electron chi connectivity index (χ3n) is 3.82. The number of alkyl halides is 3. The first kappa shape index (κ1) is 18.2. The maximum absolute atomic E-state index is 12.8. The van der Waals surface area contributed by atoms with Gasteiger partial charge < -0.3 is 5.32 Å². The van der Waals surface area contributed by atoms with Crippen LogP contribution >= 0.6 is 11.3 Å². The number of halogens is 3. The van der Waals surface area contributed by atoms with E-state index in [4.69, 9.17) is 0 Å². The van der Waals surface area contributed by atoms with Gasteiger partial charge in [0, 0.05) is 6.20 Å². The lowest BCUT2D eigenvalue weighted by Gasteiger charge is -2.21. The Morgan fingerprint density at radius 2 is 1.85 bits per heavy atom. The molecular formula is C15H16F3N7S. The third-order valence-corrected chi connectivity index (χ3v) is 5.21. The molecule has 26 heavy (non-hydrogen) atoms. The Hall–Kier alpha value is -2.56. The number of hydrogen-bond acceptors (Lipinski definition) is 7. The SMILES string of the molecule is Cc1nc(Nc2sc(C(C)(C)n3cncn3)nc2C)ncc1C(F)(F)F. The molecule has 0 spiro atoms. The van der Waals surface area contributed by atoms with Gasteiger partial charge in [-0.2, -0.15) is 18.3 Å². The predicted molar refractivity (Wildman–Crippen MR) is 90.4 cm³/mol. The van der Waals surface area contributed by atoms with Crippen LogP contribution in [0.4, 0.5) is 24.1 Å². The van der Waals surface area contributed by atoms with Crippen LogP contribution < -0.4 is 5.32 Å². The minimum absolute atomic E-state index is 0.0901. The molecule has 3 aromatic rings. The zero-order valence-corrected chi connectivity index (χ0v) is 15.3. The highest BCUT2D eigenvalue weighted by Crippen LogP contribution is 2.35. The molecule has 0 aliphatic rings. The van der Waals surface area contributed by atoms with E-state index in [1.54, 1.807) is 17.9 Å². The van der Waals surface area contributed by atoms with Crippen molar-refractivity contribution in [2.45, 2.75) is 39.4 Å². The summed E-state index contributed by atoms with van der Waals surface area (Å²) >= 11 is 1.36. The Morgan fingerprint density at radius 3 is 2.42 bits per heavy atom. The van der Waals surface area contributed by atoms with Gasteiger partial charge in [0.25, 0.3) is 0 Å². The number of rotatable bonds is 4. The molecule has 0 amide bonds. The standard InChI is InChI=1S/C15H16F3N7S/c1-8-10(15(16,17)18)5-20-13(23-8)24-11-9(2)22-12(26-11)14(3,4)25-7-19-6-21-25/h5-7H,1-4H3,(H,20,23,24). The smallest absolute Gasteiger partial charge is 0.314 e. The molecule has 11 heteroatoms. The molecule has 0 saturated heterocycles. The molecule has 7 nitrogen and oxygen atoms in total. The van der Waals surface area contributed by atoms with Crippen molar-refractivity contribution >= 4 is 22.3 Å². The van der Waals surface area contributed by atoms with Crippen LogP contribution in [0.15, 0.2) is 18.9 Å². The molecule has 1 N–H and O–H groups in total. The van der Waals surface area contributed by atoms with Crippen LogP contribution in [-0.4, -0.2) is 29.7 Å². The number of thiazole rings is 1. The molecule has 138 valence electrons. The average Bonchev–Trinajstić information content (AvgIpc) is 3.17. The fourth-order valence-electron chi connectivity index (χ4n) is 2.28. The second-order valence-electron chi connectivity index (χ2n) is 6.15. The third kappa shape index (κ3) is 3.39. The van der Waals surface area contributed by atoms with Gasteiger partial charge in [-0.05, 0) is 27.7 Å². The summed E-state index contributed by atoms with van der Waals surface area (Å²) in [7, 11) is 0. The molecule has 0 fully saturated rings. The molecular weight excluding hydrogens is 367 g/mol. The van der Waals surface area contributed by atoms with Gasteiger partial charge in [-0.3, -0.25) is 0 Å². The van der Waals surface area contributed by atoms with Gasteiger partial charge in [0.2, 0.25) is 5.95 Å². The number of aryl methyl sites for hydroxylation is 2. The van der Waals surface area contributed by atoms with Gasteiger partial charge in [0.05, 0.1) is 17.0 Å². The van der Waals surface area contributed by atoms with Crippen molar-refractivity contribution in [2.24, 2.45) is 0 Å². The predicted octanol–water partition coefficient (Wildman–Crippen LogP) is 3.69. The summed E-state index contributed by atoms with van der Waals surface area (Å²) < 4.78 is 40.1. The quantitative estimate of drug-likeness (QED) is 0.740. The summed E-state index contributed by atoms with van der Waals surface area (Å²) in [5, 5.41) is 8.53. The normalized spacial score (nSPS) is 12.4. The van der Waals surface area contributed by atoms with E-state index in [9.17, 15) is 13.2 Å². The van der Waals surface area contributed by atoms with E-state index in [-0.39, 0.29) is 11.6 Å². The van der Waals surface area contributed by atoms with E-state index in [0.29, 0.717) is 10.7 Å². The Morgan fingerprint density at radius 1 is 1.12 bits per heavy atom. The van der Waals surface area contributed by atoms with Gasteiger partial charge in [0.1, 0.15) is 28.2 Å². The molecule has 3 rings (SSSR count). The molecule has 0 aromatic carbocycles. The van der Waals surface area contributed by atoms with Gasteiger partial charge in [-0.15, -0.1) is 0 Å². The van der Waals surface area contributed by atoms with Crippen molar-refractivity contribution in [2.75, 3.05) is 5.32 Å². The van der Waals surface area contributed by atoms with Crippen LogP contribution in [0.1, 0.15) is 35.8 Å². The van der Waals surface area contributed by atoms with E-state index >= 15 is 0 Å². The number of nitrogens with zero attached hydrogens (tertiary/aromatic N) is 6. The van der Waals surface area contributed by atoms with Crippen LogP contribution in [0.25, 0.3) is 0 Å². The van der Waals surface area contributed by atoms with Crippen LogP contribution in [0.3, 0.4) is 0 Å². The molecule has 0 saturated carbocycles. The Bertz CT molecular complexity index is 916. The van der Waals surface area contributed by atoms with E-state index < -0.39 is 17.3 Å². The zero-order chi connectivity index (χ0) is 19.1. The van der Waals surface area contributed by atoms with Gasteiger partial charge >= 0.3 is 6.18 Å². The van der Waals surface area contributed by atoms with Crippen LogP contribution in [0, 0.1) is 13.8 Å². The maximum Gasteiger partial charge on any atom is 0.419 e. The first-order valence-electron chi connectivity index (χ1n) is 7.60. The van der Waals surface area contributed by atoms with Crippen molar-refractivity contribution in [1.29, 1.82) is 0 Å². The molecule has 0 unspecified atom stereocenters. The number of nitrogens with one attached hydrogen (secondary N) is 1. The van der Waals surface area contributed by atoms with Gasteiger partial charge in [-0.25, -0.2) is 24.6 Å². The van der Waals surface area contributed by atoms with E-state index in [1.165, 1.54) is 24.6 Å². The second kappa shape index (κ2) is 6.31. The average molecular weight is 383 g/mol. The van der Waals surface area contributed by atoms with Crippen LogP contribution in [0.5, 0.6) is 0 Å². The van der Waals surface area contributed by atoms with E-state index in [0.717, 1.165) is 11.2 Å². The Kier molecular flexibility index (Phi) is 4.42. The fraction of sp³-hybridized carbons (Fsp3) is 0.400. The summed E-state index contributed by atoms with van der Waals surface area (Å²) in [5.41, 5.74) is -0.820. The van der Waals surface area contributed by atoms with Gasteiger partial charge in [-0.1, -0.05) is 11.3 Å². The lowest BCUT2D eigenvalue weighted by atomic mass is 10.1. The minimum Gasteiger partial charge on any atom is -0.314 e. The summed E-state index contributed by atoms with van der Waals surface area (Å²) in [6.07, 6.45) is -0.647. The van der Waals surface area contributed by atoms with Crippen molar-refractivity contribution in [3.63, 3.8) is 0 Å². The van der Waals surface area contributed by atoms with Crippen LogP contribution in [-0.2, 0) is 11.7 Å². The largest absolute Gasteiger partial charge is 0.419 e. The maximum atomic E-state index is 12.8. The van der Waals surface area contributed by atoms with Crippen molar-refractivity contribution in [3.8, 4) is 0 Å². The minimum atomic E-state index is -4.47. The Balaban J connectivity index is 1.88. The number of anilines is 2. The van der Waals surface area contributed by atoms with Crippen molar-refractivity contribution in [1.82, 2.24) is 29.7 Å². The fourth-order valence-corrected chi connectivity index (χ4v) is 3.33. The van der Waals surface area contributed by atoms with Crippen LogP contribution in [0.2, 0.25) is 0 Å². The number of aromatic nitrogens is 6. The van der Waals surface area contributed by atoms with E-state index in [2.05, 4.69) is 30.4 Å². The summed E-state index contributed by atoms with van der Waals surface area (Å²) in [5.74, 6) is 0.0901. The van der Waals surface area contributed by atoms with E-state index in [1.807, 2.05) is 13.8 Å². The highest BCUT2D eigenvalue weighted by molar-refractivity contribution is 7.16. The topological polar surface area (TPSA) is 81.4 Å². The summed E-state index contributed by atoms with van der Waals surface area (Å²) in [6, 6.07) is 0. The molecule has 3 heterocycles. The molecule has 0 radical (unpaired) electrons. The lowest BCUT2D eigenvalue weighted by molar-refractivity contribution is -0.138. The Labute approximate surface area is 151 Å². The highest BCUT2D eigenvalue weighted by Gasteiger charge is 2.34. The molecule has 0 aliphatic carbocycles. The first-order valence-corrected chi connectivity index (χ1v) is 8.41. The number of hydrogen-bond donors (Lipinski definition) is 1. The molecule has 0 bridgehead atoms.